The molecule has 4 unspecified atom stereocenters. The van der Waals surface area contributed by atoms with Crippen molar-refractivity contribution in [2.24, 2.45) is 11.7 Å². The number of hydrogen-bond donors (Lipinski definition) is 6. The summed E-state index contributed by atoms with van der Waals surface area (Å²) in [5.41, 5.74) is 11.1. The monoisotopic (exact) mass is 697 g/mol. The summed E-state index contributed by atoms with van der Waals surface area (Å²) in [6.45, 7) is 15.3. The molecule has 8 atom stereocenters. The summed E-state index contributed by atoms with van der Waals surface area (Å²) in [6, 6.07) is 7.90. The summed E-state index contributed by atoms with van der Waals surface area (Å²) in [4.78, 5) is 9.75. The molecule has 0 radical (unpaired) electrons. The van der Waals surface area contributed by atoms with E-state index in [0.29, 0.717) is 42.8 Å². The Morgan fingerprint density at radius 1 is 1.00 bits per heavy atom. The van der Waals surface area contributed by atoms with Crippen LogP contribution in [-0.2, 0) is 10.2 Å². The minimum absolute atomic E-state index is 0.0403. The summed E-state index contributed by atoms with van der Waals surface area (Å²) in [5, 5.41) is 34.0. The highest BCUT2D eigenvalue weighted by atomic mass is 16.6. The van der Waals surface area contributed by atoms with Gasteiger partial charge in [0.2, 0.25) is 0 Å². The second-order valence-electron chi connectivity index (χ2n) is 17.2. The van der Waals surface area contributed by atoms with E-state index in [1.807, 2.05) is 0 Å². The van der Waals surface area contributed by atoms with Gasteiger partial charge in [0.15, 0.2) is 0 Å². The Kier molecular flexibility index (Phi) is 11.4. The normalized spacial score (nSPS) is 37.0. The summed E-state index contributed by atoms with van der Waals surface area (Å²) >= 11 is 0. The van der Waals surface area contributed by atoms with Crippen molar-refractivity contribution in [2.45, 2.75) is 172 Å². The number of anilines is 2. The summed E-state index contributed by atoms with van der Waals surface area (Å²) in [5.74, 6) is 0.708. The van der Waals surface area contributed by atoms with Crippen LogP contribution in [0.5, 0.6) is 0 Å². The lowest BCUT2D eigenvalue weighted by Crippen LogP contribution is -2.69. The maximum Gasteiger partial charge on any atom is 0.142 e. The van der Waals surface area contributed by atoms with Crippen LogP contribution < -0.4 is 21.7 Å². The maximum absolute atomic E-state index is 11.5. The van der Waals surface area contributed by atoms with Gasteiger partial charge in [0.1, 0.15) is 24.5 Å². The molecule has 5 fully saturated rings. The first kappa shape index (κ1) is 36.8. The molecule has 3 saturated heterocycles. The fraction of sp³-hybridized carbons (Fsp3) is 0.846. The van der Waals surface area contributed by atoms with Crippen LogP contribution in [0.15, 0.2) is 18.2 Å². The average Bonchev–Trinajstić information content (AvgIpc) is 3.73. The van der Waals surface area contributed by atoms with E-state index < -0.39 is 24.5 Å². The van der Waals surface area contributed by atoms with Crippen LogP contribution >= 0.6 is 0 Å². The van der Waals surface area contributed by atoms with Crippen molar-refractivity contribution in [3.05, 3.63) is 23.8 Å². The van der Waals surface area contributed by atoms with Crippen LogP contribution in [0.4, 0.5) is 11.4 Å². The predicted octanol–water partition coefficient (Wildman–Crippen LogP) is 4.03. The number of aliphatic hydroxyl groups excluding tert-OH is 2. The van der Waals surface area contributed by atoms with E-state index in [1.54, 1.807) is 0 Å². The molecule has 1 aromatic rings. The zero-order valence-electron chi connectivity index (χ0n) is 31.6. The lowest BCUT2D eigenvalue weighted by Gasteiger charge is -2.47. The van der Waals surface area contributed by atoms with Crippen LogP contribution in [-0.4, -0.2) is 124 Å². The minimum atomic E-state index is -0.961. The highest BCUT2D eigenvalue weighted by Crippen LogP contribution is 2.46. The molecule has 2 saturated carbocycles. The molecule has 4 heterocycles. The Bertz CT molecular complexity index is 1280. The Hall–Kier alpha value is -1.54. The van der Waals surface area contributed by atoms with Crippen molar-refractivity contribution in [3.8, 4) is 0 Å². The lowest BCUT2D eigenvalue weighted by molar-refractivity contribution is -0.134. The van der Waals surface area contributed by atoms with Gasteiger partial charge >= 0.3 is 0 Å². The van der Waals surface area contributed by atoms with Gasteiger partial charge in [-0.05, 0) is 101 Å². The Labute approximate surface area is 301 Å². The number of nitrogens with two attached hydrogens (primary N) is 1. The zero-order valence-corrected chi connectivity index (χ0v) is 31.6. The maximum atomic E-state index is 11.5. The first-order valence-electron chi connectivity index (χ1n) is 20.3. The van der Waals surface area contributed by atoms with Crippen LogP contribution in [0, 0.1) is 5.92 Å². The number of hydrogen-bond acceptors (Lipinski definition) is 11. The molecule has 6 aliphatic rings. The topological polar surface area (TPSA) is 125 Å². The second-order valence-corrected chi connectivity index (χ2v) is 17.2. The number of nitrogens with zero attached hydrogens (tertiary/aromatic N) is 4. The van der Waals surface area contributed by atoms with Crippen molar-refractivity contribution < 1.29 is 14.9 Å². The van der Waals surface area contributed by atoms with Gasteiger partial charge < -0.3 is 31.3 Å². The first-order valence-corrected chi connectivity index (χ1v) is 20.3. The Morgan fingerprint density at radius 3 is 2.48 bits per heavy atom. The van der Waals surface area contributed by atoms with Crippen molar-refractivity contribution in [1.29, 1.82) is 0 Å². The summed E-state index contributed by atoms with van der Waals surface area (Å²) in [6.07, 6.45) is 10.5. The van der Waals surface area contributed by atoms with Crippen molar-refractivity contribution in [3.63, 3.8) is 0 Å². The van der Waals surface area contributed by atoms with E-state index in [1.165, 1.54) is 68.3 Å². The fourth-order valence-electron chi connectivity index (χ4n) is 10.0. The third-order valence-electron chi connectivity index (χ3n) is 13.3. The molecular weight excluding hydrogens is 628 g/mol. The van der Waals surface area contributed by atoms with E-state index in [-0.39, 0.29) is 18.4 Å². The van der Waals surface area contributed by atoms with Gasteiger partial charge in [-0.1, -0.05) is 46.1 Å². The average molecular weight is 697 g/mol. The summed E-state index contributed by atoms with van der Waals surface area (Å²) < 4.78 is 6.72. The van der Waals surface area contributed by atoms with Gasteiger partial charge in [-0.15, -0.1) is 0 Å². The van der Waals surface area contributed by atoms with Crippen LogP contribution in [0.25, 0.3) is 0 Å². The Morgan fingerprint density at radius 2 is 1.78 bits per heavy atom. The number of benzene rings is 1. The molecule has 1 aromatic carbocycles. The van der Waals surface area contributed by atoms with Gasteiger partial charge in [0, 0.05) is 25.2 Å². The number of fused-ring (bicyclic) bond motifs is 2. The van der Waals surface area contributed by atoms with Gasteiger partial charge in [-0.3, -0.25) is 20.0 Å². The molecule has 50 heavy (non-hydrogen) atoms. The number of ether oxygens (including phenoxy) is 1. The van der Waals surface area contributed by atoms with Crippen LogP contribution in [0.1, 0.15) is 111 Å². The molecule has 0 spiro atoms. The second kappa shape index (κ2) is 15.4. The standard InChI is InChI=1S/C39H68N8O3/c1-6-8-9-18-44-23-41-36(40)33-37(44)47(24-45(33)17-7-2)38-35(49)34(48)31(50-38)22-46(25(3)4)28-19-26(20-28)11-14-32-42-29-13-12-27(21-30(29)43-32)39(5)15-10-16-39/h12-13,21,25-26,28,31-38,41-43,48-49H,6-11,14-20,22-24,40H2,1-5H3/t26?,28?,31-,32?,33?,34-,35-,36?,37?,38-/m1/s1. The predicted molar refractivity (Wildman–Crippen MR) is 200 cm³/mol. The van der Waals surface area contributed by atoms with E-state index in [0.717, 1.165) is 39.0 Å². The van der Waals surface area contributed by atoms with E-state index >= 15 is 0 Å². The number of rotatable bonds is 15. The van der Waals surface area contributed by atoms with Gasteiger partial charge in [0.05, 0.1) is 49.3 Å². The molecule has 11 nitrogen and oxygen atoms in total. The number of aliphatic hydroxyl groups is 2. The van der Waals surface area contributed by atoms with E-state index in [9.17, 15) is 10.2 Å². The van der Waals surface area contributed by atoms with Crippen LogP contribution in [0.2, 0.25) is 0 Å². The van der Waals surface area contributed by atoms with Crippen LogP contribution in [0.3, 0.4) is 0 Å². The smallest absolute Gasteiger partial charge is 0.142 e. The van der Waals surface area contributed by atoms with Crippen molar-refractivity contribution >= 4 is 11.4 Å². The molecule has 282 valence electrons. The van der Waals surface area contributed by atoms with Gasteiger partial charge in [-0.25, -0.2) is 4.90 Å². The quantitative estimate of drug-likeness (QED) is 0.149. The fourth-order valence-corrected chi connectivity index (χ4v) is 10.0. The molecule has 2 aliphatic carbocycles. The third kappa shape index (κ3) is 7.20. The largest absolute Gasteiger partial charge is 0.387 e. The first-order chi connectivity index (χ1) is 24.1. The molecule has 0 amide bonds. The third-order valence-corrected chi connectivity index (χ3v) is 13.3. The lowest BCUT2D eigenvalue weighted by atomic mass is 9.66. The molecule has 7 N–H and O–H groups in total. The zero-order chi connectivity index (χ0) is 35.2. The SMILES string of the molecule is CCCCCN1CNC(N)C2C1N([C@@H]1O[C@H](CN(C(C)C)C3CC(CCC4Nc5ccc(C6(C)CCC6)cc5N4)C3)[C@@H](O)[C@H]1O)CN2CCC. The van der Waals surface area contributed by atoms with Gasteiger partial charge in [0.25, 0.3) is 0 Å². The highest BCUT2D eigenvalue weighted by molar-refractivity contribution is 5.75. The van der Waals surface area contributed by atoms with Gasteiger partial charge in [-0.2, -0.15) is 0 Å². The Balaban J connectivity index is 0.931. The summed E-state index contributed by atoms with van der Waals surface area (Å²) in [7, 11) is 0. The highest BCUT2D eigenvalue weighted by Gasteiger charge is 2.56. The van der Waals surface area contributed by atoms with Crippen molar-refractivity contribution in [1.82, 2.24) is 24.9 Å². The molecule has 7 rings (SSSR count). The molecular formula is C39H68N8O3. The molecule has 0 bridgehead atoms. The number of nitrogens with one attached hydrogen (secondary N) is 3. The number of unbranched alkanes of at least 4 members (excludes halogenated alkanes) is 2. The van der Waals surface area contributed by atoms with E-state index in [2.05, 4.69) is 88.4 Å². The molecule has 11 heteroatoms. The molecule has 4 aliphatic heterocycles. The minimum Gasteiger partial charge on any atom is -0.387 e. The van der Waals surface area contributed by atoms with E-state index in [4.69, 9.17) is 10.5 Å². The molecule has 0 aromatic heterocycles. The van der Waals surface area contributed by atoms with Crippen molar-refractivity contribution in [2.75, 3.05) is 43.6 Å².